The fourth-order valence-corrected chi connectivity index (χ4v) is 2.96. The summed E-state index contributed by atoms with van der Waals surface area (Å²) in [6, 6.07) is 3.45. The topological polar surface area (TPSA) is 76.0 Å². The summed E-state index contributed by atoms with van der Waals surface area (Å²) in [6.07, 6.45) is 2.28. The molecule has 0 radical (unpaired) electrons. The van der Waals surface area contributed by atoms with E-state index < -0.39 is 5.97 Å². The fourth-order valence-electron chi connectivity index (χ4n) is 1.78. The second-order valence-electron chi connectivity index (χ2n) is 4.32. The molecule has 0 saturated carbocycles. The lowest BCUT2D eigenvalue weighted by molar-refractivity contribution is 0.0690. The maximum Gasteiger partial charge on any atom is 0.340 e. The van der Waals surface area contributed by atoms with Gasteiger partial charge in [-0.05, 0) is 19.1 Å². The van der Waals surface area contributed by atoms with Crippen molar-refractivity contribution in [1.29, 1.82) is 0 Å². The molecule has 5 nitrogen and oxygen atoms in total. The SMILES string of the molecule is CCc1nc(C)c(C(=O)O)c(SCc2cc(Cl)ccn2)n1. The van der Waals surface area contributed by atoms with Crippen molar-refractivity contribution < 1.29 is 9.90 Å². The number of aromatic carboxylic acids is 1. The Labute approximate surface area is 131 Å². The summed E-state index contributed by atoms with van der Waals surface area (Å²) >= 11 is 7.24. The van der Waals surface area contributed by atoms with E-state index in [0.29, 0.717) is 33.7 Å². The van der Waals surface area contributed by atoms with E-state index in [0.717, 1.165) is 5.69 Å². The van der Waals surface area contributed by atoms with E-state index in [1.807, 2.05) is 6.92 Å². The zero-order valence-electron chi connectivity index (χ0n) is 11.6. The molecule has 2 rings (SSSR count). The molecule has 0 atom stereocenters. The molecular weight excluding hydrogens is 310 g/mol. The van der Waals surface area contributed by atoms with Gasteiger partial charge in [-0.15, -0.1) is 0 Å². The van der Waals surface area contributed by atoms with Gasteiger partial charge < -0.3 is 5.11 Å². The monoisotopic (exact) mass is 323 g/mol. The van der Waals surface area contributed by atoms with Gasteiger partial charge >= 0.3 is 5.97 Å². The number of aryl methyl sites for hydroxylation is 2. The maximum atomic E-state index is 11.4. The Hall–Kier alpha value is -1.66. The van der Waals surface area contributed by atoms with E-state index in [1.54, 1.807) is 25.3 Å². The van der Waals surface area contributed by atoms with Gasteiger partial charge in [0.1, 0.15) is 16.4 Å². The van der Waals surface area contributed by atoms with Gasteiger partial charge in [-0.1, -0.05) is 30.3 Å². The highest BCUT2D eigenvalue weighted by Gasteiger charge is 2.18. The van der Waals surface area contributed by atoms with Crippen LogP contribution in [0.2, 0.25) is 5.02 Å². The molecular formula is C14H14ClN3O2S. The first-order chi connectivity index (χ1) is 10.0. The minimum atomic E-state index is -1.02. The van der Waals surface area contributed by atoms with Gasteiger partial charge in [0.15, 0.2) is 0 Å². The first-order valence-corrected chi connectivity index (χ1v) is 7.71. The molecule has 110 valence electrons. The van der Waals surface area contributed by atoms with Crippen molar-refractivity contribution in [2.24, 2.45) is 0 Å². The molecule has 0 bridgehead atoms. The number of nitrogens with zero attached hydrogens (tertiary/aromatic N) is 3. The minimum absolute atomic E-state index is 0.152. The van der Waals surface area contributed by atoms with Crippen LogP contribution in [0, 0.1) is 6.92 Å². The molecule has 0 saturated heterocycles. The largest absolute Gasteiger partial charge is 0.478 e. The van der Waals surface area contributed by atoms with E-state index in [2.05, 4.69) is 15.0 Å². The molecule has 0 amide bonds. The molecule has 1 N–H and O–H groups in total. The molecule has 0 aliphatic carbocycles. The molecule has 2 aromatic rings. The van der Waals surface area contributed by atoms with Gasteiger partial charge in [-0.3, -0.25) is 4.98 Å². The van der Waals surface area contributed by atoms with Crippen molar-refractivity contribution in [3.05, 3.63) is 46.1 Å². The minimum Gasteiger partial charge on any atom is -0.478 e. The molecule has 0 aliphatic heterocycles. The standard InChI is InChI=1S/C14H14ClN3O2S/c1-3-11-17-8(2)12(14(19)20)13(18-11)21-7-10-6-9(15)4-5-16-10/h4-6H,3,7H2,1-2H3,(H,19,20). The molecule has 0 spiro atoms. The lowest BCUT2D eigenvalue weighted by Gasteiger charge is -2.09. The van der Waals surface area contributed by atoms with Crippen molar-refractivity contribution in [2.75, 3.05) is 0 Å². The third kappa shape index (κ3) is 3.92. The third-order valence-electron chi connectivity index (χ3n) is 2.77. The van der Waals surface area contributed by atoms with Crippen LogP contribution in [-0.2, 0) is 12.2 Å². The first-order valence-electron chi connectivity index (χ1n) is 6.35. The summed E-state index contributed by atoms with van der Waals surface area (Å²) in [6.45, 7) is 3.62. The second kappa shape index (κ2) is 6.87. The normalized spacial score (nSPS) is 10.6. The Morgan fingerprint density at radius 3 is 2.81 bits per heavy atom. The quantitative estimate of drug-likeness (QED) is 0.671. The zero-order chi connectivity index (χ0) is 15.4. The summed E-state index contributed by atoms with van der Waals surface area (Å²) < 4.78 is 0. The number of aromatic nitrogens is 3. The highest BCUT2D eigenvalue weighted by molar-refractivity contribution is 7.98. The first kappa shape index (κ1) is 15.7. The van der Waals surface area contributed by atoms with Gasteiger partial charge in [0.25, 0.3) is 0 Å². The number of carboxylic acids is 1. The van der Waals surface area contributed by atoms with Crippen LogP contribution in [0.1, 0.15) is 34.5 Å². The summed E-state index contributed by atoms with van der Waals surface area (Å²) in [5, 5.41) is 10.4. The lowest BCUT2D eigenvalue weighted by Crippen LogP contribution is -2.09. The molecule has 0 fully saturated rings. The molecule has 2 heterocycles. The number of pyridine rings is 1. The molecule has 21 heavy (non-hydrogen) atoms. The average molecular weight is 324 g/mol. The van der Waals surface area contributed by atoms with Crippen LogP contribution in [0.3, 0.4) is 0 Å². The van der Waals surface area contributed by atoms with Gasteiger partial charge in [0, 0.05) is 23.4 Å². The van der Waals surface area contributed by atoms with Crippen LogP contribution in [-0.4, -0.2) is 26.0 Å². The van der Waals surface area contributed by atoms with Gasteiger partial charge in [-0.25, -0.2) is 14.8 Å². The molecule has 7 heteroatoms. The van der Waals surface area contributed by atoms with Crippen molar-refractivity contribution in [3.63, 3.8) is 0 Å². The second-order valence-corrected chi connectivity index (χ2v) is 5.72. The van der Waals surface area contributed by atoms with Crippen molar-refractivity contribution in [3.8, 4) is 0 Å². The summed E-state index contributed by atoms with van der Waals surface area (Å²) in [5.74, 6) is 0.122. The smallest absolute Gasteiger partial charge is 0.340 e. The summed E-state index contributed by atoms with van der Waals surface area (Å²) in [5.41, 5.74) is 1.41. The Balaban J connectivity index is 2.29. The maximum absolute atomic E-state index is 11.4. The van der Waals surface area contributed by atoms with Crippen LogP contribution < -0.4 is 0 Å². The number of rotatable bonds is 5. The highest BCUT2D eigenvalue weighted by Crippen LogP contribution is 2.26. The van der Waals surface area contributed by atoms with E-state index >= 15 is 0 Å². The van der Waals surface area contributed by atoms with Gasteiger partial charge in [0.2, 0.25) is 0 Å². The zero-order valence-corrected chi connectivity index (χ0v) is 13.2. The molecule has 0 aliphatic rings. The molecule has 2 aromatic heterocycles. The van der Waals surface area contributed by atoms with Gasteiger partial charge in [0.05, 0.1) is 11.4 Å². The van der Waals surface area contributed by atoms with Crippen molar-refractivity contribution in [1.82, 2.24) is 15.0 Å². The Morgan fingerprint density at radius 1 is 1.43 bits per heavy atom. The van der Waals surface area contributed by atoms with Crippen LogP contribution >= 0.6 is 23.4 Å². The predicted octanol–water partition coefficient (Wildman–Crippen LogP) is 3.39. The number of hydrogen-bond acceptors (Lipinski definition) is 5. The van der Waals surface area contributed by atoms with E-state index in [1.165, 1.54) is 11.8 Å². The van der Waals surface area contributed by atoms with Crippen LogP contribution in [0.25, 0.3) is 0 Å². The summed E-state index contributed by atoms with van der Waals surface area (Å²) in [7, 11) is 0. The Kier molecular flexibility index (Phi) is 5.14. The number of thioether (sulfide) groups is 1. The van der Waals surface area contributed by atoms with E-state index in [9.17, 15) is 9.90 Å². The highest BCUT2D eigenvalue weighted by atomic mass is 35.5. The Morgan fingerprint density at radius 2 is 2.19 bits per heavy atom. The summed E-state index contributed by atoms with van der Waals surface area (Å²) in [4.78, 5) is 24.1. The van der Waals surface area contributed by atoms with E-state index in [-0.39, 0.29) is 5.56 Å². The third-order valence-corrected chi connectivity index (χ3v) is 4.01. The van der Waals surface area contributed by atoms with Crippen LogP contribution in [0.15, 0.2) is 23.4 Å². The number of hydrogen-bond donors (Lipinski definition) is 1. The number of carboxylic acid groups (broad SMARTS) is 1. The van der Waals surface area contributed by atoms with Crippen LogP contribution in [0.4, 0.5) is 0 Å². The van der Waals surface area contributed by atoms with Gasteiger partial charge in [-0.2, -0.15) is 0 Å². The lowest BCUT2D eigenvalue weighted by atomic mass is 10.2. The molecule has 0 unspecified atom stereocenters. The number of carbonyl (C=O) groups is 1. The number of halogens is 1. The van der Waals surface area contributed by atoms with E-state index in [4.69, 9.17) is 11.6 Å². The average Bonchev–Trinajstić information content (AvgIpc) is 2.44. The van der Waals surface area contributed by atoms with Crippen molar-refractivity contribution in [2.45, 2.75) is 31.0 Å². The van der Waals surface area contributed by atoms with Crippen molar-refractivity contribution >= 4 is 29.3 Å². The predicted molar refractivity (Wildman–Crippen MR) is 81.9 cm³/mol. The Bertz CT molecular complexity index is 679. The van der Waals surface area contributed by atoms with Crippen LogP contribution in [0.5, 0.6) is 0 Å². The fraction of sp³-hybridized carbons (Fsp3) is 0.286. The molecule has 0 aromatic carbocycles.